The number of piperidine rings is 1. The van der Waals surface area contributed by atoms with Crippen LogP contribution in [0.3, 0.4) is 0 Å². The summed E-state index contributed by atoms with van der Waals surface area (Å²) < 4.78 is 10.3. The summed E-state index contributed by atoms with van der Waals surface area (Å²) in [5, 5.41) is 1.96. The second-order valence-corrected chi connectivity index (χ2v) is 8.27. The van der Waals surface area contributed by atoms with E-state index in [4.69, 9.17) is 14.3 Å². The van der Waals surface area contributed by atoms with Crippen LogP contribution in [0.15, 0.2) is 24.3 Å². The number of hydroxylamine groups is 2. The summed E-state index contributed by atoms with van der Waals surface area (Å²) in [7, 11) is 1.35. The standard InChI is InChI=1S/C21H31NO5/c1-15(23)26-18(14-16-10-7-8-11-17(16)19(24)25-6)27-22-20(2,3)12-9-13-21(22,4)5/h7-8,10-11,18H,9,12-14H2,1-6H3. The number of methoxy groups -OCH3 is 1. The molecule has 27 heavy (non-hydrogen) atoms. The Morgan fingerprint density at radius 1 is 1.11 bits per heavy atom. The van der Waals surface area contributed by atoms with Crippen LogP contribution >= 0.6 is 0 Å². The fourth-order valence-electron chi connectivity index (χ4n) is 3.85. The maximum absolute atomic E-state index is 12.1. The molecule has 1 unspecified atom stereocenters. The quantitative estimate of drug-likeness (QED) is 0.554. The van der Waals surface area contributed by atoms with E-state index in [1.54, 1.807) is 12.1 Å². The van der Waals surface area contributed by atoms with Gasteiger partial charge in [0, 0.05) is 24.4 Å². The number of rotatable bonds is 6. The minimum atomic E-state index is -0.829. The average Bonchev–Trinajstić information content (AvgIpc) is 2.57. The molecule has 2 rings (SSSR count). The average molecular weight is 377 g/mol. The molecule has 150 valence electrons. The number of carbonyl (C=O) groups is 2. The van der Waals surface area contributed by atoms with Crippen LogP contribution in [-0.2, 0) is 25.5 Å². The van der Waals surface area contributed by atoms with E-state index in [1.165, 1.54) is 14.0 Å². The summed E-state index contributed by atoms with van der Waals surface area (Å²) in [6, 6.07) is 7.12. The summed E-state index contributed by atoms with van der Waals surface area (Å²) in [6.45, 7) is 9.86. The maximum atomic E-state index is 12.1. The fourth-order valence-corrected chi connectivity index (χ4v) is 3.85. The summed E-state index contributed by atoms with van der Waals surface area (Å²) in [6.07, 6.45) is 2.52. The largest absolute Gasteiger partial charge is 0.465 e. The van der Waals surface area contributed by atoms with E-state index in [-0.39, 0.29) is 17.5 Å². The number of hydrogen-bond acceptors (Lipinski definition) is 6. The van der Waals surface area contributed by atoms with Gasteiger partial charge in [-0.25, -0.2) is 4.79 Å². The minimum absolute atomic E-state index is 0.192. The number of benzene rings is 1. The van der Waals surface area contributed by atoms with Gasteiger partial charge in [0.25, 0.3) is 0 Å². The SMILES string of the molecule is COC(=O)c1ccccc1CC(OC(C)=O)ON1C(C)(C)CCCC1(C)C. The van der Waals surface area contributed by atoms with Crippen molar-refractivity contribution in [3.8, 4) is 0 Å². The third kappa shape index (κ3) is 5.30. The van der Waals surface area contributed by atoms with Crippen molar-refractivity contribution >= 4 is 11.9 Å². The molecule has 0 amide bonds. The Morgan fingerprint density at radius 3 is 2.26 bits per heavy atom. The highest BCUT2D eigenvalue weighted by Crippen LogP contribution is 2.39. The van der Waals surface area contributed by atoms with Crippen LogP contribution in [-0.4, -0.2) is 41.5 Å². The Hall–Kier alpha value is -1.92. The molecule has 1 saturated heterocycles. The molecule has 1 fully saturated rings. The Labute approximate surface area is 161 Å². The molecule has 0 saturated carbocycles. The Bertz CT molecular complexity index is 667. The van der Waals surface area contributed by atoms with Crippen molar-refractivity contribution in [3.05, 3.63) is 35.4 Å². The van der Waals surface area contributed by atoms with Gasteiger partial charge in [-0.1, -0.05) is 18.2 Å². The predicted molar refractivity (Wildman–Crippen MR) is 102 cm³/mol. The lowest BCUT2D eigenvalue weighted by Crippen LogP contribution is -2.59. The topological polar surface area (TPSA) is 65.1 Å². The van der Waals surface area contributed by atoms with Crippen molar-refractivity contribution in [2.45, 2.75) is 77.7 Å². The van der Waals surface area contributed by atoms with E-state index in [1.807, 2.05) is 17.2 Å². The van der Waals surface area contributed by atoms with Gasteiger partial charge in [-0.2, -0.15) is 5.06 Å². The third-order valence-corrected chi connectivity index (χ3v) is 5.01. The molecule has 0 bridgehead atoms. The van der Waals surface area contributed by atoms with Crippen LogP contribution in [0.2, 0.25) is 0 Å². The lowest BCUT2D eigenvalue weighted by molar-refractivity contribution is -0.345. The molecule has 1 aliphatic heterocycles. The Kier molecular flexibility index (Phi) is 6.65. The van der Waals surface area contributed by atoms with Gasteiger partial charge in [0.05, 0.1) is 12.7 Å². The normalized spacial score (nSPS) is 19.9. The number of hydrogen-bond donors (Lipinski definition) is 0. The van der Waals surface area contributed by atoms with Gasteiger partial charge >= 0.3 is 11.9 Å². The van der Waals surface area contributed by atoms with Crippen molar-refractivity contribution in [2.24, 2.45) is 0 Å². The smallest absolute Gasteiger partial charge is 0.338 e. The predicted octanol–water partition coefficient (Wildman–Crippen LogP) is 3.88. The van der Waals surface area contributed by atoms with Crippen LogP contribution in [0.4, 0.5) is 0 Å². The molecule has 1 aromatic carbocycles. The molecule has 1 aliphatic rings. The molecule has 0 aliphatic carbocycles. The zero-order valence-electron chi connectivity index (χ0n) is 17.2. The maximum Gasteiger partial charge on any atom is 0.338 e. The van der Waals surface area contributed by atoms with Gasteiger partial charge in [-0.3, -0.25) is 9.63 Å². The second-order valence-electron chi connectivity index (χ2n) is 8.27. The van der Waals surface area contributed by atoms with Gasteiger partial charge < -0.3 is 9.47 Å². The molecule has 0 radical (unpaired) electrons. The summed E-state index contributed by atoms with van der Waals surface area (Å²) in [5.41, 5.74) is 0.769. The molecule has 0 aromatic heterocycles. The van der Waals surface area contributed by atoms with Gasteiger partial charge in [-0.05, 0) is 58.6 Å². The molecule has 6 nitrogen and oxygen atoms in total. The van der Waals surface area contributed by atoms with Crippen molar-refractivity contribution in [1.29, 1.82) is 0 Å². The van der Waals surface area contributed by atoms with E-state index in [9.17, 15) is 9.59 Å². The number of carbonyl (C=O) groups excluding carboxylic acids is 2. The highest BCUT2D eigenvalue weighted by molar-refractivity contribution is 5.91. The molecular formula is C21H31NO5. The monoisotopic (exact) mass is 377 g/mol. The van der Waals surface area contributed by atoms with Gasteiger partial charge in [0.2, 0.25) is 6.29 Å². The third-order valence-electron chi connectivity index (χ3n) is 5.01. The lowest BCUT2D eigenvalue weighted by atomic mass is 9.82. The first kappa shape index (κ1) is 21.4. The molecule has 6 heteroatoms. The van der Waals surface area contributed by atoms with E-state index in [0.717, 1.165) is 19.3 Å². The van der Waals surface area contributed by atoms with E-state index < -0.39 is 18.2 Å². The van der Waals surface area contributed by atoms with E-state index in [0.29, 0.717) is 11.1 Å². The van der Waals surface area contributed by atoms with Crippen LogP contribution in [0.25, 0.3) is 0 Å². The first-order valence-electron chi connectivity index (χ1n) is 9.37. The Balaban J connectivity index is 2.29. The zero-order valence-corrected chi connectivity index (χ0v) is 17.2. The van der Waals surface area contributed by atoms with E-state index >= 15 is 0 Å². The number of esters is 2. The summed E-state index contributed by atoms with van der Waals surface area (Å²) in [5.74, 6) is -0.853. The number of ether oxygens (including phenoxy) is 2. The van der Waals surface area contributed by atoms with Gasteiger partial charge in [0.15, 0.2) is 0 Å². The molecule has 1 heterocycles. The van der Waals surface area contributed by atoms with Crippen LogP contribution < -0.4 is 0 Å². The van der Waals surface area contributed by atoms with E-state index in [2.05, 4.69) is 27.7 Å². The summed E-state index contributed by atoms with van der Waals surface area (Å²) in [4.78, 5) is 30.0. The highest BCUT2D eigenvalue weighted by atomic mass is 16.8. The highest BCUT2D eigenvalue weighted by Gasteiger charge is 2.44. The molecule has 1 aromatic rings. The van der Waals surface area contributed by atoms with Crippen molar-refractivity contribution in [1.82, 2.24) is 5.06 Å². The zero-order chi connectivity index (χ0) is 20.2. The van der Waals surface area contributed by atoms with Crippen molar-refractivity contribution in [3.63, 3.8) is 0 Å². The minimum Gasteiger partial charge on any atom is -0.465 e. The lowest BCUT2D eigenvalue weighted by Gasteiger charge is -2.52. The first-order valence-corrected chi connectivity index (χ1v) is 9.37. The van der Waals surface area contributed by atoms with Gasteiger partial charge in [0.1, 0.15) is 0 Å². The van der Waals surface area contributed by atoms with Crippen molar-refractivity contribution in [2.75, 3.05) is 7.11 Å². The number of nitrogens with zero attached hydrogens (tertiary/aromatic N) is 1. The fraction of sp³-hybridized carbons (Fsp3) is 0.619. The summed E-state index contributed by atoms with van der Waals surface area (Å²) >= 11 is 0. The molecular weight excluding hydrogens is 346 g/mol. The van der Waals surface area contributed by atoms with Crippen LogP contribution in [0.1, 0.15) is 69.8 Å². The van der Waals surface area contributed by atoms with Crippen molar-refractivity contribution < 1.29 is 23.9 Å². The second kappa shape index (κ2) is 8.40. The molecule has 0 spiro atoms. The Morgan fingerprint density at radius 2 is 1.70 bits per heavy atom. The van der Waals surface area contributed by atoms with Crippen LogP contribution in [0, 0.1) is 0 Å². The first-order chi connectivity index (χ1) is 12.6. The molecule has 1 atom stereocenters. The van der Waals surface area contributed by atoms with Crippen LogP contribution in [0.5, 0.6) is 0 Å². The van der Waals surface area contributed by atoms with Gasteiger partial charge in [-0.15, -0.1) is 0 Å². The molecule has 0 N–H and O–H groups in total.